The van der Waals surface area contributed by atoms with Crippen LogP contribution in [-0.4, -0.2) is 41.2 Å². The van der Waals surface area contributed by atoms with Gasteiger partial charge in [-0.05, 0) is 42.7 Å². The van der Waals surface area contributed by atoms with Crippen molar-refractivity contribution in [2.24, 2.45) is 0 Å². The number of piperidine rings is 1. The Morgan fingerprint density at radius 1 is 1.14 bits per heavy atom. The summed E-state index contributed by atoms with van der Waals surface area (Å²) in [5.41, 5.74) is 2.10. The fourth-order valence-corrected chi connectivity index (χ4v) is 4.51. The average molecular weight is 394 g/mol. The number of hydrogen-bond acceptors (Lipinski definition) is 5. The molecule has 0 spiro atoms. The van der Waals surface area contributed by atoms with Crippen LogP contribution in [0.2, 0.25) is 0 Å². The Hall–Kier alpha value is -2.73. The van der Waals surface area contributed by atoms with Crippen LogP contribution in [0, 0.1) is 0 Å². The first-order valence-electron chi connectivity index (χ1n) is 9.52. The van der Waals surface area contributed by atoms with E-state index in [2.05, 4.69) is 10.2 Å². The third kappa shape index (κ3) is 4.22. The molecule has 144 valence electrons. The summed E-state index contributed by atoms with van der Waals surface area (Å²) in [5.74, 6) is 1.28. The molecule has 1 atom stereocenters. The molecule has 6 heteroatoms. The Morgan fingerprint density at radius 2 is 1.93 bits per heavy atom. The van der Waals surface area contributed by atoms with Crippen molar-refractivity contribution in [3.63, 3.8) is 0 Å². The molecule has 1 aliphatic heterocycles. The van der Waals surface area contributed by atoms with E-state index in [-0.39, 0.29) is 11.8 Å². The van der Waals surface area contributed by atoms with Gasteiger partial charge in [0.05, 0.1) is 13.5 Å². The Balaban J connectivity index is 1.43. The zero-order valence-electron chi connectivity index (χ0n) is 15.9. The number of benzene rings is 2. The number of ether oxygens (including phenoxy) is 1. The molecule has 1 fully saturated rings. The zero-order valence-corrected chi connectivity index (χ0v) is 16.7. The normalized spacial score (nSPS) is 16.8. The Bertz CT molecular complexity index is 924. The maximum atomic E-state index is 12.7. The number of rotatable bonds is 5. The van der Waals surface area contributed by atoms with E-state index in [1.807, 2.05) is 59.5 Å². The van der Waals surface area contributed by atoms with Crippen LogP contribution < -0.4 is 4.74 Å². The molecule has 1 saturated heterocycles. The minimum absolute atomic E-state index is 0.191. The topological polar surface area (TPSA) is 55.3 Å². The minimum Gasteiger partial charge on any atom is -0.497 e. The standard InChI is InChI=1S/C22H23N3O2S/c1-27-19-11-9-17(10-12-19)21-23-24-22(28-21)18-8-5-13-25(15-18)20(26)14-16-6-3-2-4-7-16/h2-4,6-7,9-12,18H,5,8,13-15H2,1H3. The van der Waals surface area contributed by atoms with E-state index in [0.717, 1.165) is 52.8 Å². The molecule has 1 aromatic heterocycles. The number of methoxy groups -OCH3 is 1. The predicted octanol–water partition coefficient (Wildman–Crippen LogP) is 4.16. The average Bonchev–Trinajstić information content (AvgIpc) is 3.25. The molecule has 4 rings (SSSR count). The number of carbonyl (C=O) groups excluding carboxylic acids is 1. The first-order chi connectivity index (χ1) is 13.7. The largest absolute Gasteiger partial charge is 0.497 e. The van der Waals surface area contributed by atoms with E-state index in [1.54, 1.807) is 18.4 Å². The molecule has 1 aliphatic rings. The molecular weight excluding hydrogens is 370 g/mol. The molecule has 0 N–H and O–H groups in total. The van der Waals surface area contributed by atoms with Crippen LogP contribution in [-0.2, 0) is 11.2 Å². The Labute approximate surface area is 169 Å². The second-order valence-electron chi connectivity index (χ2n) is 7.02. The van der Waals surface area contributed by atoms with Crippen LogP contribution >= 0.6 is 11.3 Å². The number of amides is 1. The van der Waals surface area contributed by atoms with Crippen molar-refractivity contribution in [3.05, 3.63) is 65.2 Å². The van der Waals surface area contributed by atoms with Crippen LogP contribution in [0.3, 0.4) is 0 Å². The smallest absolute Gasteiger partial charge is 0.227 e. The van der Waals surface area contributed by atoms with Crippen molar-refractivity contribution < 1.29 is 9.53 Å². The van der Waals surface area contributed by atoms with E-state index in [9.17, 15) is 4.79 Å². The summed E-state index contributed by atoms with van der Waals surface area (Å²) in [6.07, 6.45) is 2.51. The number of carbonyl (C=O) groups is 1. The van der Waals surface area contributed by atoms with Gasteiger partial charge in [-0.25, -0.2) is 0 Å². The minimum atomic E-state index is 0.191. The van der Waals surface area contributed by atoms with Gasteiger partial charge in [-0.3, -0.25) is 4.79 Å². The lowest BCUT2D eigenvalue weighted by Crippen LogP contribution is -2.39. The first kappa shape index (κ1) is 18.6. The molecule has 0 saturated carbocycles. The van der Waals surface area contributed by atoms with Gasteiger partial charge in [0.1, 0.15) is 15.8 Å². The summed E-state index contributed by atoms with van der Waals surface area (Å²) < 4.78 is 5.21. The summed E-state index contributed by atoms with van der Waals surface area (Å²) >= 11 is 1.62. The Kier molecular flexibility index (Phi) is 5.67. The second-order valence-corrected chi connectivity index (χ2v) is 8.02. The number of hydrogen-bond donors (Lipinski definition) is 0. The first-order valence-corrected chi connectivity index (χ1v) is 10.3. The van der Waals surface area contributed by atoms with E-state index in [4.69, 9.17) is 4.74 Å². The highest BCUT2D eigenvalue weighted by atomic mass is 32.1. The van der Waals surface area contributed by atoms with Crippen molar-refractivity contribution in [3.8, 4) is 16.3 Å². The van der Waals surface area contributed by atoms with E-state index in [0.29, 0.717) is 6.42 Å². The quantitative estimate of drug-likeness (QED) is 0.653. The van der Waals surface area contributed by atoms with Gasteiger partial charge in [-0.15, -0.1) is 10.2 Å². The van der Waals surface area contributed by atoms with Gasteiger partial charge in [0.25, 0.3) is 0 Å². The van der Waals surface area contributed by atoms with Gasteiger partial charge in [0.15, 0.2) is 0 Å². The molecule has 0 radical (unpaired) electrons. The maximum absolute atomic E-state index is 12.7. The van der Waals surface area contributed by atoms with Gasteiger partial charge < -0.3 is 9.64 Å². The molecule has 1 unspecified atom stereocenters. The highest BCUT2D eigenvalue weighted by molar-refractivity contribution is 7.14. The highest BCUT2D eigenvalue weighted by Gasteiger charge is 2.27. The lowest BCUT2D eigenvalue weighted by molar-refractivity contribution is -0.131. The van der Waals surface area contributed by atoms with Crippen molar-refractivity contribution in [1.29, 1.82) is 0 Å². The van der Waals surface area contributed by atoms with Gasteiger partial charge in [-0.1, -0.05) is 41.7 Å². The molecule has 3 aromatic rings. The van der Waals surface area contributed by atoms with Crippen molar-refractivity contribution in [2.45, 2.75) is 25.2 Å². The van der Waals surface area contributed by atoms with Gasteiger partial charge in [0, 0.05) is 24.6 Å². The van der Waals surface area contributed by atoms with Gasteiger partial charge >= 0.3 is 0 Å². The predicted molar refractivity (Wildman–Crippen MR) is 111 cm³/mol. The van der Waals surface area contributed by atoms with Crippen LogP contribution in [0.1, 0.15) is 29.3 Å². The summed E-state index contributed by atoms with van der Waals surface area (Å²) in [5, 5.41) is 10.7. The molecule has 28 heavy (non-hydrogen) atoms. The van der Waals surface area contributed by atoms with Crippen LogP contribution in [0.5, 0.6) is 5.75 Å². The van der Waals surface area contributed by atoms with Crippen LogP contribution in [0.25, 0.3) is 10.6 Å². The fraction of sp³-hybridized carbons (Fsp3) is 0.318. The summed E-state index contributed by atoms with van der Waals surface area (Å²) in [4.78, 5) is 14.7. The summed E-state index contributed by atoms with van der Waals surface area (Å²) in [7, 11) is 1.66. The molecule has 2 aromatic carbocycles. The maximum Gasteiger partial charge on any atom is 0.227 e. The van der Waals surface area contributed by atoms with Crippen molar-refractivity contribution >= 4 is 17.2 Å². The molecule has 0 bridgehead atoms. The molecule has 0 aliphatic carbocycles. The monoisotopic (exact) mass is 393 g/mol. The molecular formula is C22H23N3O2S. The summed E-state index contributed by atoms with van der Waals surface area (Å²) in [6.45, 7) is 1.55. The third-order valence-electron chi connectivity index (χ3n) is 5.10. The summed E-state index contributed by atoms with van der Waals surface area (Å²) in [6, 6.07) is 17.8. The lowest BCUT2D eigenvalue weighted by Gasteiger charge is -2.31. The van der Waals surface area contributed by atoms with E-state index < -0.39 is 0 Å². The van der Waals surface area contributed by atoms with Gasteiger partial charge in [0.2, 0.25) is 5.91 Å². The highest BCUT2D eigenvalue weighted by Crippen LogP contribution is 2.33. The molecule has 5 nitrogen and oxygen atoms in total. The number of likely N-dealkylation sites (tertiary alicyclic amines) is 1. The number of nitrogens with zero attached hydrogens (tertiary/aromatic N) is 3. The van der Waals surface area contributed by atoms with Crippen molar-refractivity contribution in [2.75, 3.05) is 20.2 Å². The second kappa shape index (κ2) is 8.52. The lowest BCUT2D eigenvalue weighted by atomic mass is 9.98. The van der Waals surface area contributed by atoms with Gasteiger partial charge in [-0.2, -0.15) is 0 Å². The SMILES string of the molecule is COc1ccc(-c2nnc(C3CCCN(C(=O)Cc4ccccc4)C3)s2)cc1. The van der Waals surface area contributed by atoms with Crippen molar-refractivity contribution in [1.82, 2.24) is 15.1 Å². The molecule has 2 heterocycles. The third-order valence-corrected chi connectivity index (χ3v) is 6.23. The van der Waals surface area contributed by atoms with Crippen LogP contribution in [0.15, 0.2) is 54.6 Å². The number of aromatic nitrogens is 2. The Morgan fingerprint density at radius 3 is 2.68 bits per heavy atom. The van der Waals surface area contributed by atoms with Crippen LogP contribution in [0.4, 0.5) is 0 Å². The van der Waals surface area contributed by atoms with E-state index >= 15 is 0 Å². The molecule has 1 amide bonds. The zero-order chi connectivity index (χ0) is 19.3. The van der Waals surface area contributed by atoms with E-state index in [1.165, 1.54) is 0 Å². The fourth-order valence-electron chi connectivity index (χ4n) is 3.54.